The number of aliphatic hydroxyl groups excluding tert-OH is 1. The van der Waals surface area contributed by atoms with Crippen LogP contribution in [0.1, 0.15) is 35.9 Å². The van der Waals surface area contributed by atoms with E-state index in [0.717, 1.165) is 11.3 Å². The molecule has 3 aromatic heterocycles. The Balaban J connectivity index is 1.31. The van der Waals surface area contributed by atoms with E-state index in [1.807, 2.05) is 42.3 Å². The van der Waals surface area contributed by atoms with Gasteiger partial charge in [0.05, 0.1) is 35.5 Å². The molecule has 0 bridgehead atoms. The van der Waals surface area contributed by atoms with Gasteiger partial charge in [-0.15, -0.1) is 0 Å². The smallest absolute Gasteiger partial charge is 0.266 e. The molecule has 2 N–H and O–H groups in total. The molecule has 4 heterocycles. The van der Waals surface area contributed by atoms with Crippen LogP contribution in [0, 0.1) is 5.82 Å². The van der Waals surface area contributed by atoms with Crippen molar-refractivity contribution in [1.29, 1.82) is 0 Å². The average Bonchev–Trinajstić information content (AvgIpc) is 3.02. The van der Waals surface area contributed by atoms with Crippen molar-refractivity contribution in [3.63, 3.8) is 0 Å². The van der Waals surface area contributed by atoms with Gasteiger partial charge in [-0.1, -0.05) is 19.1 Å². The molecule has 10 nitrogen and oxygen atoms in total. The van der Waals surface area contributed by atoms with E-state index in [1.165, 1.54) is 29.1 Å². The van der Waals surface area contributed by atoms with Gasteiger partial charge in [0.1, 0.15) is 41.5 Å². The summed E-state index contributed by atoms with van der Waals surface area (Å²) in [5.74, 6) is 1.50. The summed E-state index contributed by atoms with van der Waals surface area (Å²) in [5, 5.41) is 14.4. The number of pyridine rings is 1. The van der Waals surface area contributed by atoms with Crippen molar-refractivity contribution in [3.05, 3.63) is 119 Å². The molecule has 11 heteroatoms. The van der Waals surface area contributed by atoms with Crippen molar-refractivity contribution >= 4 is 22.5 Å². The zero-order valence-corrected chi connectivity index (χ0v) is 23.0. The molecule has 0 amide bonds. The fraction of sp³-hybridized carbons (Fsp3) is 0.194. The highest BCUT2D eigenvalue weighted by molar-refractivity contribution is 5.78. The first-order valence-electron chi connectivity index (χ1n) is 13.4. The minimum atomic E-state index is -0.909. The van der Waals surface area contributed by atoms with Gasteiger partial charge in [-0.2, -0.15) is 0 Å². The Hall–Kier alpha value is -5.16. The molecule has 42 heavy (non-hydrogen) atoms. The zero-order valence-electron chi connectivity index (χ0n) is 23.0. The molecule has 1 aliphatic heterocycles. The maximum Gasteiger partial charge on any atom is 0.266 e. The minimum Gasteiger partial charge on any atom is -0.497 e. The molecule has 0 saturated heterocycles. The minimum absolute atomic E-state index is 0.180. The zero-order chi connectivity index (χ0) is 29.2. The number of fused-ring (bicyclic) bond motifs is 2. The molecule has 0 spiro atoms. The van der Waals surface area contributed by atoms with Crippen LogP contribution in [0.4, 0.5) is 16.0 Å². The maximum absolute atomic E-state index is 14.0. The molecule has 2 atom stereocenters. The summed E-state index contributed by atoms with van der Waals surface area (Å²) in [4.78, 5) is 33.3. The van der Waals surface area contributed by atoms with E-state index in [9.17, 15) is 14.3 Å². The highest BCUT2D eigenvalue weighted by Crippen LogP contribution is 2.35. The molecule has 212 valence electrons. The first-order valence-corrected chi connectivity index (χ1v) is 13.4. The van der Waals surface area contributed by atoms with Crippen LogP contribution < -0.4 is 20.5 Å². The highest BCUT2D eigenvalue weighted by Gasteiger charge is 2.26. The van der Waals surface area contributed by atoms with Crippen LogP contribution in [0.15, 0.2) is 90.4 Å². The number of aromatic nitrogens is 5. The van der Waals surface area contributed by atoms with Crippen molar-refractivity contribution in [3.8, 4) is 11.4 Å². The number of hydrogen-bond acceptors (Lipinski definition) is 9. The van der Waals surface area contributed by atoms with Crippen LogP contribution in [0.5, 0.6) is 5.75 Å². The molecule has 0 radical (unpaired) electrons. The number of ether oxygens (including phenoxy) is 1. The monoisotopic (exact) mass is 565 g/mol. The van der Waals surface area contributed by atoms with E-state index in [1.54, 1.807) is 37.7 Å². The van der Waals surface area contributed by atoms with Gasteiger partial charge in [-0.05, 0) is 54.1 Å². The standard InChI is InChI=1S/C31H28FN7O3/c1-19(29-37-25-10-7-21(32)14-24(25)31(41)39(29)22-4-3-12-33-16-22)15-34-28-27-26(40)11-13-38(30(27)36-18-35-28)17-20-5-8-23(42-2)9-6-20/h3-14,16,18-19,26,40H,15,17H2,1-2H3,(H,34,35,36). The lowest BCUT2D eigenvalue weighted by Gasteiger charge is -2.29. The number of aliphatic hydroxyl groups is 1. The van der Waals surface area contributed by atoms with Crippen LogP contribution in [0.3, 0.4) is 0 Å². The lowest BCUT2D eigenvalue weighted by Crippen LogP contribution is -2.28. The van der Waals surface area contributed by atoms with E-state index in [2.05, 4.69) is 20.3 Å². The number of anilines is 2. The van der Waals surface area contributed by atoms with Crippen LogP contribution in [-0.4, -0.2) is 43.3 Å². The molecule has 0 aliphatic carbocycles. The van der Waals surface area contributed by atoms with E-state index in [0.29, 0.717) is 47.3 Å². The van der Waals surface area contributed by atoms with E-state index in [4.69, 9.17) is 9.72 Å². The molecular weight excluding hydrogens is 537 g/mol. The Kier molecular flexibility index (Phi) is 7.32. The van der Waals surface area contributed by atoms with Crippen LogP contribution >= 0.6 is 0 Å². The Labute approximate surface area is 240 Å². The van der Waals surface area contributed by atoms with E-state index >= 15 is 0 Å². The quantitative estimate of drug-likeness (QED) is 0.280. The first kappa shape index (κ1) is 27.0. The van der Waals surface area contributed by atoms with Crippen LogP contribution in [0.25, 0.3) is 16.6 Å². The second-order valence-electron chi connectivity index (χ2n) is 9.99. The Morgan fingerprint density at radius 1 is 1.14 bits per heavy atom. The van der Waals surface area contributed by atoms with Crippen LogP contribution in [-0.2, 0) is 6.54 Å². The van der Waals surface area contributed by atoms with Gasteiger partial charge in [0.2, 0.25) is 0 Å². The third kappa shape index (κ3) is 5.17. The third-order valence-electron chi connectivity index (χ3n) is 7.17. The largest absolute Gasteiger partial charge is 0.497 e. The van der Waals surface area contributed by atoms with Gasteiger partial charge in [0.15, 0.2) is 0 Å². The van der Waals surface area contributed by atoms with Gasteiger partial charge in [-0.3, -0.25) is 14.3 Å². The number of nitrogens with zero attached hydrogens (tertiary/aromatic N) is 6. The number of nitrogens with one attached hydrogen (secondary N) is 1. The Morgan fingerprint density at radius 2 is 1.98 bits per heavy atom. The Morgan fingerprint density at radius 3 is 2.74 bits per heavy atom. The van der Waals surface area contributed by atoms with Gasteiger partial charge in [0, 0.05) is 31.4 Å². The fourth-order valence-electron chi connectivity index (χ4n) is 5.02. The summed E-state index contributed by atoms with van der Waals surface area (Å²) >= 11 is 0. The predicted molar refractivity (Wildman–Crippen MR) is 157 cm³/mol. The molecule has 5 aromatic rings. The summed E-state index contributed by atoms with van der Waals surface area (Å²) in [5.41, 5.74) is 2.13. The summed E-state index contributed by atoms with van der Waals surface area (Å²) in [6.07, 6.45) is 7.22. The number of methoxy groups -OCH3 is 1. The van der Waals surface area contributed by atoms with Gasteiger partial charge >= 0.3 is 0 Å². The summed E-state index contributed by atoms with van der Waals surface area (Å²) in [6, 6.07) is 15.2. The van der Waals surface area contributed by atoms with Crippen molar-refractivity contribution in [2.75, 3.05) is 23.9 Å². The van der Waals surface area contributed by atoms with Crippen molar-refractivity contribution in [1.82, 2.24) is 24.5 Å². The third-order valence-corrected chi connectivity index (χ3v) is 7.17. The first-order chi connectivity index (χ1) is 20.4. The molecular formula is C31H28FN7O3. The second kappa shape index (κ2) is 11.4. The summed E-state index contributed by atoms with van der Waals surface area (Å²) < 4.78 is 20.7. The van der Waals surface area contributed by atoms with Crippen molar-refractivity contribution < 1.29 is 14.2 Å². The molecule has 6 rings (SSSR count). The van der Waals surface area contributed by atoms with Crippen molar-refractivity contribution in [2.45, 2.75) is 25.5 Å². The molecule has 2 aromatic carbocycles. The van der Waals surface area contributed by atoms with E-state index in [-0.39, 0.29) is 16.9 Å². The molecule has 0 fully saturated rings. The molecule has 0 saturated carbocycles. The fourth-order valence-corrected chi connectivity index (χ4v) is 5.02. The molecule has 1 aliphatic rings. The van der Waals surface area contributed by atoms with E-state index < -0.39 is 11.9 Å². The number of halogens is 1. The second-order valence-corrected chi connectivity index (χ2v) is 9.99. The van der Waals surface area contributed by atoms with Crippen molar-refractivity contribution in [2.24, 2.45) is 0 Å². The SMILES string of the molecule is COc1ccc(CN2C=CC(O)c3c(NCC(C)c4nc5ccc(F)cc5c(=O)n4-c4cccnc4)ncnc32)cc1. The van der Waals surface area contributed by atoms with Gasteiger partial charge in [-0.25, -0.2) is 19.3 Å². The average molecular weight is 566 g/mol. The number of benzene rings is 2. The number of hydrogen-bond donors (Lipinski definition) is 2. The Bertz CT molecular complexity index is 1830. The topological polar surface area (TPSA) is 118 Å². The summed E-state index contributed by atoms with van der Waals surface area (Å²) in [7, 11) is 1.63. The summed E-state index contributed by atoms with van der Waals surface area (Å²) in [6.45, 7) is 2.79. The lowest BCUT2D eigenvalue weighted by molar-refractivity contribution is 0.226. The molecule has 2 unspecified atom stereocenters. The predicted octanol–water partition coefficient (Wildman–Crippen LogP) is 4.50. The van der Waals surface area contributed by atoms with Crippen LogP contribution in [0.2, 0.25) is 0 Å². The normalized spacial score (nSPS) is 15.0. The number of rotatable bonds is 8. The van der Waals surface area contributed by atoms with Gasteiger partial charge in [0.25, 0.3) is 5.56 Å². The highest BCUT2D eigenvalue weighted by atomic mass is 19.1. The maximum atomic E-state index is 14.0. The lowest BCUT2D eigenvalue weighted by atomic mass is 10.1. The van der Waals surface area contributed by atoms with Gasteiger partial charge < -0.3 is 20.1 Å².